The van der Waals surface area contributed by atoms with E-state index in [0.717, 1.165) is 25.7 Å². The molecule has 2 atom stereocenters. The van der Waals surface area contributed by atoms with Crippen molar-refractivity contribution in [2.75, 3.05) is 13.2 Å². The topological polar surface area (TPSA) is 52.6 Å². The number of ether oxygens (including phenoxy) is 2. The van der Waals surface area contributed by atoms with Crippen molar-refractivity contribution in [1.82, 2.24) is 0 Å². The third-order valence-corrected chi connectivity index (χ3v) is 14.4. The first-order valence-electron chi connectivity index (χ1n) is 21.4. The van der Waals surface area contributed by atoms with E-state index in [2.05, 4.69) is 41.5 Å². The van der Waals surface area contributed by atoms with E-state index >= 15 is 0 Å². The van der Waals surface area contributed by atoms with Crippen LogP contribution >= 0.6 is 0 Å². The quantitative estimate of drug-likeness (QED) is 0.0367. The van der Waals surface area contributed by atoms with Crippen LogP contribution in [0.15, 0.2) is 58.3 Å². The standard InChI is InChI=1S/2C15H22O2S.2C8H17.Sn/c2*1-3-5-8-12(4-2)11-17-15(16)13-9-6-7-10-14(13)18;2*1-3-5-7-8-6-4-2;/h2*6-7,9-10,12,18H,3-5,8,11H2,1-2H3;2*1,3-8H2,2H3;/q;;;;+2/p-2. The van der Waals surface area contributed by atoms with E-state index in [0.29, 0.717) is 46.0 Å². The summed E-state index contributed by atoms with van der Waals surface area (Å²) in [4.78, 5) is 24.9. The zero-order valence-electron chi connectivity index (χ0n) is 34.7. The Morgan fingerprint density at radius 3 is 1.19 bits per heavy atom. The first kappa shape index (κ1) is 51.6. The normalized spacial score (nSPS) is 11.6. The molecular weight excluding hydrogens is 799 g/mol. The summed E-state index contributed by atoms with van der Waals surface area (Å²) >= 11 is 10.3. The summed E-state index contributed by atoms with van der Waals surface area (Å²) in [6, 6.07) is 14.2. The van der Waals surface area contributed by atoms with Gasteiger partial charge in [-0.15, -0.1) is 0 Å². The minimum absolute atomic E-state index is 0.0736. The van der Waals surface area contributed by atoms with Crippen molar-refractivity contribution in [3.05, 3.63) is 59.7 Å². The summed E-state index contributed by atoms with van der Waals surface area (Å²) in [5, 5.41) is 0. The molecule has 0 saturated carbocycles. The van der Waals surface area contributed by atoms with Gasteiger partial charge in [-0.3, -0.25) is 0 Å². The van der Waals surface area contributed by atoms with Crippen molar-refractivity contribution in [2.45, 2.75) is 189 Å². The molecule has 0 aromatic heterocycles. The Hall–Kier alpha value is -1.38. The van der Waals surface area contributed by atoms with Gasteiger partial charge in [-0.2, -0.15) is 9.79 Å². The van der Waals surface area contributed by atoms with Crippen LogP contribution in [0.2, 0.25) is 8.87 Å². The van der Waals surface area contributed by atoms with Crippen molar-refractivity contribution < 1.29 is 19.1 Å². The molecule has 0 saturated heterocycles. The Bertz CT molecular complexity index is 1060. The first-order chi connectivity index (χ1) is 25.8. The molecule has 0 spiro atoms. The molecule has 0 radical (unpaired) electrons. The molecular formula is C46H76O4S2Sn. The molecule has 300 valence electrons. The molecule has 0 heterocycles. The molecule has 2 aromatic rings. The van der Waals surface area contributed by atoms with E-state index < -0.39 is 0 Å². The summed E-state index contributed by atoms with van der Waals surface area (Å²) in [6.07, 6.45) is 26.9. The Kier molecular flexibility index (Phi) is 36.6. The van der Waals surface area contributed by atoms with Crippen LogP contribution in [0.1, 0.15) is 191 Å². The molecule has 0 fully saturated rings. The van der Waals surface area contributed by atoms with Crippen LogP contribution < -0.4 is 0 Å². The van der Waals surface area contributed by atoms with Gasteiger partial charge in [0.1, 0.15) is 0 Å². The monoisotopic (exact) mass is 876 g/mol. The molecule has 0 aliphatic rings. The molecule has 2 aromatic carbocycles. The molecule has 53 heavy (non-hydrogen) atoms. The third kappa shape index (κ3) is 28.7. The van der Waals surface area contributed by atoms with Crippen molar-refractivity contribution in [2.24, 2.45) is 11.8 Å². The number of hydrogen-bond donors (Lipinski definition) is 0. The van der Waals surface area contributed by atoms with Crippen LogP contribution in [-0.2, 0) is 34.7 Å². The van der Waals surface area contributed by atoms with Gasteiger partial charge in [-0.05, 0) is 36.8 Å². The molecule has 0 aliphatic heterocycles. The number of benzene rings is 2. The molecule has 0 amide bonds. The Balaban J connectivity index is 0.000000766. The number of carbonyl (C=O) groups excluding carboxylic acids is 2. The fraction of sp³-hybridized carbons (Fsp3) is 0.696. The Morgan fingerprint density at radius 2 is 0.849 bits per heavy atom. The van der Waals surface area contributed by atoms with E-state index in [9.17, 15) is 9.59 Å². The number of esters is 2. The average molecular weight is 876 g/mol. The van der Waals surface area contributed by atoms with Gasteiger partial charge in [-0.25, -0.2) is 9.59 Å². The third-order valence-electron chi connectivity index (χ3n) is 9.61. The fourth-order valence-electron chi connectivity index (χ4n) is 5.80. The van der Waals surface area contributed by atoms with Crippen molar-refractivity contribution in [3.8, 4) is 0 Å². The Labute approximate surface area is 348 Å². The zero-order valence-corrected chi connectivity index (χ0v) is 39.2. The maximum absolute atomic E-state index is 11.9. The van der Waals surface area contributed by atoms with E-state index in [1.807, 2.05) is 12.1 Å². The van der Waals surface area contributed by atoms with E-state index in [1.165, 1.54) is 89.9 Å². The van der Waals surface area contributed by atoms with E-state index in [-0.39, 0.29) is 33.1 Å². The van der Waals surface area contributed by atoms with Gasteiger partial charge in [0.15, 0.2) is 0 Å². The molecule has 2 unspecified atom stereocenters. The number of unbranched alkanes of at least 4 members (excludes halogenated alkanes) is 12. The summed E-state index contributed by atoms with van der Waals surface area (Å²) in [5.41, 5.74) is 0.996. The van der Waals surface area contributed by atoms with Gasteiger partial charge < -0.3 is 34.7 Å². The zero-order chi connectivity index (χ0) is 39.4. The van der Waals surface area contributed by atoms with Gasteiger partial charge in [-0.1, -0.05) is 103 Å². The van der Waals surface area contributed by atoms with Crippen LogP contribution in [0.4, 0.5) is 0 Å². The van der Waals surface area contributed by atoms with E-state index in [4.69, 9.17) is 34.7 Å². The van der Waals surface area contributed by atoms with Crippen LogP contribution in [-0.4, -0.2) is 46.3 Å². The van der Waals surface area contributed by atoms with Gasteiger partial charge in [0.2, 0.25) is 0 Å². The van der Waals surface area contributed by atoms with E-state index in [1.54, 1.807) is 58.1 Å². The number of carbonyl (C=O) groups is 2. The molecule has 4 nitrogen and oxygen atoms in total. The number of rotatable bonds is 28. The molecule has 0 bridgehead atoms. The van der Waals surface area contributed by atoms with Crippen LogP contribution in [0.5, 0.6) is 0 Å². The van der Waals surface area contributed by atoms with Crippen LogP contribution in [0.25, 0.3) is 0 Å². The molecule has 0 N–H and O–H groups in total. The fourth-order valence-corrected chi connectivity index (χ4v) is 9.82. The Morgan fingerprint density at radius 1 is 0.509 bits per heavy atom. The number of hydrogen-bond acceptors (Lipinski definition) is 6. The molecule has 7 heteroatoms. The van der Waals surface area contributed by atoms with Gasteiger partial charge in [0.25, 0.3) is 0 Å². The summed E-state index contributed by atoms with van der Waals surface area (Å²) in [7, 11) is 0. The van der Waals surface area contributed by atoms with Gasteiger partial charge in [0, 0.05) is 11.1 Å². The van der Waals surface area contributed by atoms with Gasteiger partial charge in [0.05, 0.1) is 13.2 Å². The molecule has 0 aliphatic carbocycles. The predicted octanol–water partition coefficient (Wildman–Crippen LogP) is 14.2. The molecule has 2 rings (SSSR count). The minimum atomic E-state index is -0.296. The summed E-state index contributed by atoms with van der Waals surface area (Å²) in [6.45, 7) is 14.2. The SMILES string of the molecule is CCCCC(CC)COC(=O)c1ccccc1[S-].CCCCC(CC)COC(=O)c1ccccc1[S-].CCCCCCC[CH2][Sn+2][CH2]CCCCCCC. The van der Waals surface area contributed by atoms with Crippen molar-refractivity contribution >= 4 is 58.3 Å². The van der Waals surface area contributed by atoms with Crippen molar-refractivity contribution in [3.63, 3.8) is 0 Å². The average Bonchev–Trinajstić information content (AvgIpc) is 3.17. The second-order valence-electron chi connectivity index (χ2n) is 14.3. The van der Waals surface area contributed by atoms with Crippen molar-refractivity contribution in [1.29, 1.82) is 0 Å². The second kappa shape index (κ2) is 37.5. The van der Waals surface area contributed by atoms with Crippen LogP contribution in [0.3, 0.4) is 0 Å². The first-order valence-corrected chi connectivity index (χ1v) is 26.2. The maximum atomic E-state index is 11.9. The van der Waals surface area contributed by atoms with Crippen LogP contribution in [0, 0.1) is 11.8 Å². The predicted molar refractivity (Wildman–Crippen MR) is 233 cm³/mol. The van der Waals surface area contributed by atoms with Gasteiger partial charge >= 0.3 is 133 Å². The summed E-state index contributed by atoms with van der Waals surface area (Å²) < 4.78 is 14.0. The second-order valence-corrected chi connectivity index (χ2v) is 19.5. The summed E-state index contributed by atoms with van der Waals surface area (Å²) in [5.74, 6) is 0.337.